The van der Waals surface area contributed by atoms with Crippen LogP contribution in [-0.4, -0.2) is 36.0 Å². The predicted molar refractivity (Wildman–Crippen MR) is 66.4 cm³/mol. The molecule has 1 unspecified atom stereocenters. The van der Waals surface area contributed by atoms with E-state index in [2.05, 4.69) is 5.32 Å². The third kappa shape index (κ3) is 2.48. The lowest BCUT2D eigenvalue weighted by atomic mass is 10.2. The van der Waals surface area contributed by atoms with Crippen molar-refractivity contribution in [1.29, 1.82) is 0 Å². The third-order valence-corrected chi connectivity index (χ3v) is 3.33. The monoisotopic (exact) mass is 256 g/mol. The van der Waals surface area contributed by atoms with Gasteiger partial charge in [0.05, 0.1) is 6.26 Å². The number of hydrogen-bond donors (Lipinski definition) is 1. The zero-order chi connectivity index (χ0) is 11.0. The quantitative estimate of drug-likeness (QED) is 0.895. The number of nitrogens with one attached hydrogen (secondary N) is 1. The lowest BCUT2D eigenvalue weighted by molar-refractivity contribution is 0.0643. The highest BCUT2D eigenvalue weighted by atomic mass is 35.5. The van der Waals surface area contributed by atoms with Gasteiger partial charge in [0, 0.05) is 18.6 Å². The van der Waals surface area contributed by atoms with Crippen LogP contribution in [0.4, 0.5) is 0 Å². The summed E-state index contributed by atoms with van der Waals surface area (Å²) in [5, 5.41) is 3.31. The normalized spacial score (nSPS) is 23.2. The number of carbonyl (C=O) groups excluding carboxylic acids is 1. The van der Waals surface area contributed by atoms with Crippen LogP contribution in [0.5, 0.6) is 0 Å². The summed E-state index contributed by atoms with van der Waals surface area (Å²) in [7, 11) is 0. The van der Waals surface area contributed by atoms with Crippen LogP contribution in [0.3, 0.4) is 0 Å². The first-order valence-corrected chi connectivity index (χ1v) is 5.93. The third-order valence-electron chi connectivity index (χ3n) is 3.33. The molecule has 1 N–H and O–H groups in total. The first-order valence-electron chi connectivity index (χ1n) is 5.93. The van der Waals surface area contributed by atoms with E-state index in [4.69, 9.17) is 4.42 Å². The first kappa shape index (κ1) is 12.5. The summed E-state index contributed by atoms with van der Waals surface area (Å²) >= 11 is 0. The molecule has 0 aromatic carbocycles. The van der Waals surface area contributed by atoms with Gasteiger partial charge in [-0.2, -0.15) is 0 Å². The topological polar surface area (TPSA) is 45.5 Å². The molecule has 1 saturated carbocycles. The van der Waals surface area contributed by atoms with Crippen LogP contribution < -0.4 is 5.32 Å². The van der Waals surface area contributed by atoms with Crippen LogP contribution in [-0.2, 0) is 0 Å². The predicted octanol–water partition coefficient (Wildman–Crippen LogP) is 1.67. The van der Waals surface area contributed by atoms with Crippen molar-refractivity contribution in [3.63, 3.8) is 0 Å². The van der Waals surface area contributed by atoms with Crippen molar-refractivity contribution >= 4 is 18.3 Å². The van der Waals surface area contributed by atoms with Crippen LogP contribution in [0.1, 0.15) is 29.8 Å². The molecular weight excluding hydrogens is 240 g/mol. The molecule has 94 valence electrons. The molecule has 17 heavy (non-hydrogen) atoms. The zero-order valence-corrected chi connectivity index (χ0v) is 10.4. The summed E-state index contributed by atoms with van der Waals surface area (Å²) in [6, 6.07) is 4.32. The van der Waals surface area contributed by atoms with Crippen LogP contribution >= 0.6 is 12.4 Å². The fourth-order valence-electron chi connectivity index (χ4n) is 2.39. The van der Waals surface area contributed by atoms with E-state index in [-0.39, 0.29) is 18.3 Å². The lowest BCUT2D eigenvalue weighted by Gasteiger charge is -2.27. The molecule has 0 radical (unpaired) electrons. The van der Waals surface area contributed by atoms with Gasteiger partial charge in [-0.05, 0) is 37.9 Å². The van der Waals surface area contributed by atoms with Gasteiger partial charge < -0.3 is 14.6 Å². The van der Waals surface area contributed by atoms with E-state index in [1.54, 1.807) is 18.4 Å². The minimum absolute atomic E-state index is 0. The molecule has 1 aliphatic heterocycles. The summed E-state index contributed by atoms with van der Waals surface area (Å²) in [6.07, 6.45) is 4.90. The van der Waals surface area contributed by atoms with E-state index < -0.39 is 0 Å². The largest absolute Gasteiger partial charge is 0.459 e. The number of amides is 1. The highest BCUT2D eigenvalue weighted by molar-refractivity contribution is 5.92. The first-order chi connectivity index (χ1) is 7.86. The molecule has 1 aliphatic carbocycles. The van der Waals surface area contributed by atoms with Gasteiger partial charge in [0.2, 0.25) is 0 Å². The Bertz CT molecular complexity index is 370. The summed E-state index contributed by atoms with van der Waals surface area (Å²) < 4.78 is 5.20. The summed E-state index contributed by atoms with van der Waals surface area (Å²) in [6.45, 7) is 1.93. The highest BCUT2D eigenvalue weighted by Crippen LogP contribution is 2.31. The maximum absolute atomic E-state index is 12.3. The number of carbonyl (C=O) groups is 1. The molecule has 1 amide bonds. The molecule has 4 nitrogen and oxygen atoms in total. The highest BCUT2D eigenvalue weighted by Gasteiger charge is 2.39. The molecule has 1 aromatic rings. The van der Waals surface area contributed by atoms with Crippen LogP contribution in [0, 0.1) is 0 Å². The Labute approximate surface area is 107 Å². The number of nitrogens with zero attached hydrogens (tertiary/aromatic N) is 1. The summed E-state index contributed by atoms with van der Waals surface area (Å²) in [5.41, 5.74) is 0. The van der Waals surface area contributed by atoms with E-state index in [0.717, 1.165) is 32.4 Å². The Morgan fingerprint density at radius 2 is 2.18 bits per heavy atom. The van der Waals surface area contributed by atoms with E-state index in [9.17, 15) is 4.79 Å². The summed E-state index contributed by atoms with van der Waals surface area (Å²) in [4.78, 5) is 14.3. The SMILES string of the molecule is Cl.O=C(c1ccco1)N(C1CC1)C1CCNC1. The van der Waals surface area contributed by atoms with Gasteiger partial charge >= 0.3 is 0 Å². The van der Waals surface area contributed by atoms with Crippen molar-refractivity contribution in [2.75, 3.05) is 13.1 Å². The minimum Gasteiger partial charge on any atom is -0.459 e. The number of furan rings is 1. The van der Waals surface area contributed by atoms with Crippen molar-refractivity contribution in [3.8, 4) is 0 Å². The van der Waals surface area contributed by atoms with E-state index >= 15 is 0 Å². The number of rotatable bonds is 3. The number of hydrogen-bond acceptors (Lipinski definition) is 3. The molecule has 0 spiro atoms. The van der Waals surface area contributed by atoms with Gasteiger partial charge in [0.25, 0.3) is 5.91 Å². The van der Waals surface area contributed by atoms with Crippen LogP contribution in [0.2, 0.25) is 0 Å². The molecule has 2 aliphatic rings. The van der Waals surface area contributed by atoms with Gasteiger partial charge in [-0.3, -0.25) is 4.79 Å². The van der Waals surface area contributed by atoms with Gasteiger partial charge in [-0.1, -0.05) is 0 Å². The van der Waals surface area contributed by atoms with E-state index in [1.165, 1.54) is 0 Å². The average Bonchev–Trinajstić information content (AvgIpc) is 2.83. The van der Waals surface area contributed by atoms with Crippen molar-refractivity contribution in [2.45, 2.75) is 31.3 Å². The molecule has 3 rings (SSSR count). The minimum atomic E-state index is 0. The van der Waals surface area contributed by atoms with Crippen LogP contribution in [0.25, 0.3) is 0 Å². The van der Waals surface area contributed by atoms with Crippen molar-refractivity contribution < 1.29 is 9.21 Å². The van der Waals surface area contributed by atoms with Gasteiger partial charge in [0.15, 0.2) is 5.76 Å². The van der Waals surface area contributed by atoms with Crippen molar-refractivity contribution in [3.05, 3.63) is 24.2 Å². The molecule has 1 aromatic heterocycles. The standard InChI is InChI=1S/C12H16N2O2.ClH/c15-12(11-2-1-7-16-11)14(9-3-4-9)10-5-6-13-8-10;/h1-2,7,9-10,13H,3-6,8H2;1H. The molecule has 1 saturated heterocycles. The molecule has 2 heterocycles. The Morgan fingerprint density at radius 1 is 1.35 bits per heavy atom. The Balaban J connectivity index is 0.00000108. The molecule has 2 fully saturated rings. The number of halogens is 1. The van der Waals surface area contributed by atoms with Crippen LogP contribution in [0.15, 0.2) is 22.8 Å². The zero-order valence-electron chi connectivity index (χ0n) is 9.59. The molecule has 1 atom stereocenters. The van der Waals surface area contributed by atoms with Gasteiger partial charge in [0.1, 0.15) is 0 Å². The fraction of sp³-hybridized carbons (Fsp3) is 0.583. The van der Waals surface area contributed by atoms with Crippen molar-refractivity contribution in [1.82, 2.24) is 10.2 Å². The second-order valence-electron chi connectivity index (χ2n) is 4.57. The second kappa shape index (κ2) is 5.10. The maximum Gasteiger partial charge on any atom is 0.290 e. The Hall–Kier alpha value is -1.00. The molecule has 0 bridgehead atoms. The Kier molecular flexibility index (Phi) is 3.74. The molecular formula is C12H17ClN2O2. The lowest BCUT2D eigenvalue weighted by Crippen LogP contribution is -2.43. The van der Waals surface area contributed by atoms with E-state index in [1.807, 2.05) is 4.90 Å². The molecule has 5 heteroatoms. The fourth-order valence-corrected chi connectivity index (χ4v) is 2.39. The summed E-state index contributed by atoms with van der Waals surface area (Å²) in [5.74, 6) is 0.528. The Morgan fingerprint density at radius 3 is 2.71 bits per heavy atom. The second-order valence-corrected chi connectivity index (χ2v) is 4.57. The maximum atomic E-state index is 12.3. The smallest absolute Gasteiger partial charge is 0.290 e. The average molecular weight is 257 g/mol. The van der Waals surface area contributed by atoms with Gasteiger partial charge in [-0.15, -0.1) is 12.4 Å². The van der Waals surface area contributed by atoms with Gasteiger partial charge in [-0.25, -0.2) is 0 Å². The van der Waals surface area contributed by atoms with E-state index in [0.29, 0.717) is 17.8 Å². The van der Waals surface area contributed by atoms with Crippen molar-refractivity contribution in [2.24, 2.45) is 0 Å².